The summed E-state index contributed by atoms with van der Waals surface area (Å²) >= 11 is 0. The molecule has 11 heavy (non-hydrogen) atoms. The number of alkyl halides is 6. The number of halogens is 6. The lowest BCUT2D eigenvalue weighted by Crippen LogP contribution is -2.41. The fourth-order valence-corrected chi connectivity index (χ4v) is 0.234. The van der Waals surface area contributed by atoms with Crippen molar-refractivity contribution < 1.29 is 31.1 Å². The van der Waals surface area contributed by atoms with E-state index in [2.05, 4.69) is 4.74 Å². The third-order valence-corrected chi connectivity index (χ3v) is 0.817. The van der Waals surface area contributed by atoms with Gasteiger partial charge in [-0.2, -0.15) is 22.0 Å². The number of hydrogen-bond acceptors (Lipinski definition) is 1. The third-order valence-electron chi connectivity index (χ3n) is 0.817. The van der Waals surface area contributed by atoms with Crippen LogP contribution in [0.25, 0.3) is 0 Å². The molecule has 0 aromatic rings. The first-order valence-corrected chi connectivity index (χ1v) is 2.38. The zero-order valence-electron chi connectivity index (χ0n) is 5.25. The van der Waals surface area contributed by atoms with Gasteiger partial charge in [0.1, 0.15) is 0 Å². The minimum Gasteiger partial charge on any atom is -0.277 e. The summed E-state index contributed by atoms with van der Waals surface area (Å²) in [5, 5.41) is 0. The molecule has 0 bridgehead atoms. The van der Waals surface area contributed by atoms with Gasteiger partial charge < -0.3 is 0 Å². The van der Waals surface area contributed by atoms with Crippen LogP contribution in [0.4, 0.5) is 26.3 Å². The average molecular weight is 182 g/mol. The summed E-state index contributed by atoms with van der Waals surface area (Å²) in [6, 6.07) is 0. The lowest BCUT2D eigenvalue weighted by Gasteiger charge is -2.22. The molecule has 0 spiro atoms. The monoisotopic (exact) mass is 182 g/mol. The smallest absolute Gasteiger partial charge is 0.277 e. The molecule has 0 aliphatic rings. The van der Waals surface area contributed by atoms with Crippen molar-refractivity contribution in [1.29, 1.82) is 0 Å². The molecule has 1 nitrogen and oxygen atoms in total. The van der Waals surface area contributed by atoms with Crippen molar-refractivity contribution in [2.75, 3.05) is 0 Å². The molecule has 0 aromatic carbocycles. The van der Waals surface area contributed by atoms with Crippen molar-refractivity contribution >= 4 is 0 Å². The summed E-state index contributed by atoms with van der Waals surface area (Å²) in [4.78, 5) is 0. The van der Waals surface area contributed by atoms with Crippen LogP contribution in [0.3, 0.4) is 0 Å². The summed E-state index contributed by atoms with van der Waals surface area (Å²) < 4.78 is 71.0. The molecule has 0 saturated carbocycles. The molecule has 68 valence electrons. The van der Waals surface area contributed by atoms with Crippen LogP contribution < -0.4 is 0 Å². The van der Waals surface area contributed by atoms with Crippen molar-refractivity contribution in [3.8, 4) is 0 Å². The highest BCUT2D eigenvalue weighted by Crippen LogP contribution is 2.35. The van der Waals surface area contributed by atoms with E-state index in [0.717, 1.165) is 0 Å². The Morgan fingerprint density at radius 2 is 1.45 bits per heavy atom. The van der Waals surface area contributed by atoms with Gasteiger partial charge in [-0.25, -0.2) is 4.39 Å². The first-order valence-electron chi connectivity index (χ1n) is 2.38. The maximum absolute atomic E-state index is 12.0. The van der Waals surface area contributed by atoms with Gasteiger partial charge in [0.15, 0.2) is 0 Å². The topological polar surface area (TPSA) is 9.23 Å². The summed E-state index contributed by atoms with van der Waals surface area (Å²) in [5.41, 5.74) is 0. The maximum atomic E-state index is 12.0. The zero-order valence-corrected chi connectivity index (χ0v) is 5.25. The van der Waals surface area contributed by atoms with E-state index in [-0.39, 0.29) is 6.92 Å². The highest BCUT2D eigenvalue weighted by atomic mass is 19.4. The SMILES string of the molecule is CC(F)(OC(F)F)C(F)(F)F. The second-order valence-corrected chi connectivity index (χ2v) is 1.79. The fourth-order valence-electron chi connectivity index (χ4n) is 0.234. The summed E-state index contributed by atoms with van der Waals surface area (Å²) in [6.45, 7) is -3.91. The van der Waals surface area contributed by atoms with Crippen molar-refractivity contribution in [2.24, 2.45) is 0 Å². The lowest BCUT2D eigenvalue weighted by molar-refractivity contribution is -0.367. The van der Waals surface area contributed by atoms with Gasteiger partial charge in [-0.05, 0) is 0 Å². The molecule has 0 heterocycles. The summed E-state index contributed by atoms with van der Waals surface area (Å²) in [6.07, 6.45) is -5.44. The maximum Gasteiger partial charge on any atom is 0.448 e. The van der Waals surface area contributed by atoms with Crippen molar-refractivity contribution in [3.05, 3.63) is 0 Å². The Kier molecular flexibility index (Phi) is 2.76. The van der Waals surface area contributed by atoms with Crippen LogP contribution in [0, 0.1) is 0 Å². The number of rotatable bonds is 2. The molecule has 7 heteroatoms. The largest absolute Gasteiger partial charge is 0.448 e. The van der Waals surface area contributed by atoms with Crippen LogP contribution >= 0.6 is 0 Å². The van der Waals surface area contributed by atoms with Crippen molar-refractivity contribution in [3.63, 3.8) is 0 Å². The number of ether oxygens (including phenoxy) is 1. The van der Waals surface area contributed by atoms with Crippen LogP contribution in [-0.2, 0) is 4.74 Å². The van der Waals surface area contributed by atoms with Gasteiger partial charge in [0.2, 0.25) is 0 Å². The molecule has 0 N–H and O–H groups in total. The standard InChI is InChI=1S/C4H4F6O/c1-3(7,4(8,9)10)11-2(5)6/h2H,1H3. The van der Waals surface area contributed by atoms with E-state index in [1.807, 2.05) is 0 Å². The molecule has 0 rings (SSSR count). The lowest BCUT2D eigenvalue weighted by atomic mass is 10.3. The predicted molar refractivity (Wildman–Crippen MR) is 22.7 cm³/mol. The first-order chi connectivity index (χ1) is 4.67. The van der Waals surface area contributed by atoms with Gasteiger partial charge in [-0.3, -0.25) is 4.74 Å². The van der Waals surface area contributed by atoms with E-state index in [1.54, 1.807) is 0 Å². The molecule has 1 atom stereocenters. The van der Waals surface area contributed by atoms with Crippen molar-refractivity contribution in [2.45, 2.75) is 25.6 Å². The van der Waals surface area contributed by atoms with Gasteiger partial charge in [0.05, 0.1) is 0 Å². The van der Waals surface area contributed by atoms with E-state index >= 15 is 0 Å². The van der Waals surface area contributed by atoms with E-state index in [1.165, 1.54) is 0 Å². The van der Waals surface area contributed by atoms with Gasteiger partial charge >= 0.3 is 18.6 Å². The van der Waals surface area contributed by atoms with E-state index in [9.17, 15) is 26.3 Å². The first kappa shape index (κ1) is 10.5. The molecule has 1 unspecified atom stereocenters. The summed E-state index contributed by atoms with van der Waals surface area (Å²) in [5.74, 6) is -4.29. The quantitative estimate of drug-likeness (QED) is 0.596. The highest BCUT2D eigenvalue weighted by Gasteiger charge is 2.55. The van der Waals surface area contributed by atoms with E-state index in [4.69, 9.17) is 0 Å². The van der Waals surface area contributed by atoms with Gasteiger partial charge in [-0.1, -0.05) is 0 Å². The molecule has 0 radical (unpaired) electrons. The Bertz CT molecular complexity index is 127. The normalized spacial score (nSPS) is 18.5. The molecule has 0 amide bonds. The fraction of sp³-hybridized carbons (Fsp3) is 1.00. The summed E-state index contributed by atoms with van der Waals surface area (Å²) in [7, 11) is 0. The third kappa shape index (κ3) is 2.96. The van der Waals surface area contributed by atoms with Crippen LogP contribution in [-0.4, -0.2) is 18.6 Å². The van der Waals surface area contributed by atoms with E-state index < -0.39 is 18.6 Å². The Morgan fingerprint density at radius 1 is 1.09 bits per heavy atom. The van der Waals surface area contributed by atoms with Crippen LogP contribution in [0.1, 0.15) is 6.92 Å². The minimum absolute atomic E-state index is 0.126. The van der Waals surface area contributed by atoms with Crippen molar-refractivity contribution in [1.82, 2.24) is 0 Å². The number of hydrogen-bond donors (Lipinski definition) is 0. The van der Waals surface area contributed by atoms with Crippen LogP contribution in [0.5, 0.6) is 0 Å². The molecule has 0 fully saturated rings. The molecule has 0 aliphatic carbocycles. The van der Waals surface area contributed by atoms with E-state index in [0.29, 0.717) is 0 Å². The molecular formula is C4H4F6O. The Labute approximate surface area is 57.9 Å². The van der Waals surface area contributed by atoms with Crippen LogP contribution in [0.15, 0.2) is 0 Å². The Balaban J connectivity index is 4.22. The molecular weight excluding hydrogens is 178 g/mol. The van der Waals surface area contributed by atoms with Crippen LogP contribution in [0.2, 0.25) is 0 Å². The predicted octanol–water partition coefficient (Wildman–Crippen LogP) is 2.47. The van der Waals surface area contributed by atoms with Gasteiger partial charge in [-0.15, -0.1) is 0 Å². The Morgan fingerprint density at radius 3 is 1.55 bits per heavy atom. The molecule has 0 aliphatic heterocycles. The molecule has 0 aromatic heterocycles. The second-order valence-electron chi connectivity index (χ2n) is 1.79. The second kappa shape index (κ2) is 2.88. The molecule has 0 saturated heterocycles. The minimum atomic E-state index is -5.44. The zero-order chi connectivity index (χ0) is 9.28. The van der Waals surface area contributed by atoms with Gasteiger partial charge in [0, 0.05) is 6.92 Å². The average Bonchev–Trinajstić information content (AvgIpc) is 1.56. The van der Waals surface area contributed by atoms with Gasteiger partial charge in [0.25, 0.3) is 0 Å². The highest BCUT2D eigenvalue weighted by molar-refractivity contribution is 4.70. The Hall–Kier alpha value is -0.460.